The molecule has 0 saturated heterocycles. The molecule has 2 aromatic carbocycles. The summed E-state index contributed by atoms with van der Waals surface area (Å²) in [4.78, 5) is 13.2. The average Bonchev–Trinajstić information content (AvgIpc) is 3.03. The molecule has 3 aromatic rings. The highest BCUT2D eigenvalue weighted by Gasteiger charge is 2.11. The Bertz CT molecular complexity index is 850. The molecule has 122 valence electrons. The van der Waals surface area contributed by atoms with E-state index in [9.17, 15) is 9.18 Å². The highest BCUT2D eigenvalue weighted by molar-refractivity contribution is 9.10. The zero-order chi connectivity index (χ0) is 16.9. The van der Waals surface area contributed by atoms with E-state index < -0.39 is 0 Å². The normalized spacial score (nSPS) is 10.6. The third kappa shape index (κ3) is 4.02. The van der Waals surface area contributed by atoms with Gasteiger partial charge in [-0.15, -0.1) is 10.2 Å². The maximum absolute atomic E-state index is 12.8. The zero-order valence-corrected chi connectivity index (χ0v) is 14.1. The molecule has 6 nitrogen and oxygen atoms in total. The highest BCUT2D eigenvalue weighted by Crippen LogP contribution is 2.24. The monoisotopic (exact) mass is 389 g/mol. The minimum atomic E-state index is -0.309. The lowest BCUT2D eigenvalue weighted by Gasteiger charge is -2.04. The van der Waals surface area contributed by atoms with Gasteiger partial charge in [-0.1, -0.05) is 40.2 Å². The molecule has 24 heavy (non-hydrogen) atoms. The van der Waals surface area contributed by atoms with Gasteiger partial charge in [0.2, 0.25) is 11.7 Å². The summed E-state index contributed by atoms with van der Waals surface area (Å²) in [7, 11) is 0. The van der Waals surface area contributed by atoms with E-state index in [0.717, 1.165) is 15.6 Å². The van der Waals surface area contributed by atoms with Crippen LogP contribution >= 0.6 is 15.9 Å². The number of hydrogen-bond donors (Lipinski definition) is 1. The molecule has 0 spiro atoms. The number of hydrogen-bond acceptors (Lipinski definition) is 4. The first kappa shape index (κ1) is 16.3. The molecule has 0 aliphatic rings. The number of nitrogens with zero attached hydrogens (tertiary/aromatic N) is 4. The lowest BCUT2D eigenvalue weighted by atomic mass is 10.2. The van der Waals surface area contributed by atoms with E-state index in [2.05, 4.69) is 36.7 Å². The second-order valence-corrected chi connectivity index (χ2v) is 5.88. The van der Waals surface area contributed by atoms with Crippen LogP contribution in [-0.2, 0) is 17.9 Å². The predicted molar refractivity (Wildman–Crippen MR) is 89.2 cm³/mol. The van der Waals surface area contributed by atoms with Crippen LogP contribution in [0.1, 0.15) is 5.56 Å². The van der Waals surface area contributed by atoms with Crippen LogP contribution in [0.25, 0.3) is 11.4 Å². The first-order valence-corrected chi connectivity index (χ1v) is 7.95. The Kier molecular flexibility index (Phi) is 4.95. The van der Waals surface area contributed by atoms with Crippen LogP contribution in [0.4, 0.5) is 4.39 Å². The van der Waals surface area contributed by atoms with Crippen molar-refractivity contribution >= 4 is 21.8 Å². The topological polar surface area (TPSA) is 72.7 Å². The maximum atomic E-state index is 12.8. The van der Waals surface area contributed by atoms with Gasteiger partial charge in [0.05, 0.1) is 0 Å². The Labute approximate surface area is 145 Å². The van der Waals surface area contributed by atoms with Crippen LogP contribution in [0.5, 0.6) is 0 Å². The number of nitrogens with one attached hydrogen (secondary N) is 1. The number of rotatable bonds is 5. The van der Waals surface area contributed by atoms with Gasteiger partial charge in [0.25, 0.3) is 0 Å². The van der Waals surface area contributed by atoms with Gasteiger partial charge in [-0.3, -0.25) is 4.79 Å². The molecule has 1 amide bonds. The summed E-state index contributed by atoms with van der Waals surface area (Å²) in [5.41, 5.74) is 1.61. The Morgan fingerprint density at radius 1 is 1.17 bits per heavy atom. The van der Waals surface area contributed by atoms with Crippen LogP contribution in [-0.4, -0.2) is 26.1 Å². The summed E-state index contributed by atoms with van der Waals surface area (Å²) in [5.74, 6) is -0.124. The number of tetrazole rings is 1. The third-order valence-corrected chi connectivity index (χ3v) is 3.95. The van der Waals surface area contributed by atoms with Crippen molar-refractivity contribution < 1.29 is 9.18 Å². The van der Waals surface area contributed by atoms with E-state index in [4.69, 9.17) is 0 Å². The number of benzene rings is 2. The van der Waals surface area contributed by atoms with Crippen molar-refractivity contribution in [1.29, 1.82) is 0 Å². The molecule has 0 aliphatic carbocycles. The summed E-state index contributed by atoms with van der Waals surface area (Å²) in [6.45, 7) is 0.267. The van der Waals surface area contributed by atoms with Crippen molar-refractivity contribution in [2.45, 2.75) is 13.1 Å². The minimum absolute atomic E-state index is 0.0430. The molecule has 0 unspecified atom stereocenters. The summed E-state index contributed by atoms with van der Waals surface area (Å²) in [6, 6.07) is 13.4. The van der Waals surface area contributed by atoms with Crippen molar-refractivity contribution in [3.8, 4) is 11.4 Å². The van der Waals surface area contributed by atoms with Crippen molar-refractivity contribution in [3.63, 3.8) is 0 Å². The van der Waals surface area contributed by atoms with Crippen LogP contribution in [0.3, 0.4) is 0 Å². The number of amides is 1. The van der Waals surface area contributed by atoms with Gasteiger partial charge in [-0.05, 0) is 35.0 Å². The van der Waals surface area contributed by atoms with Gasteiger partial charge >= 0.3 is 0 Å². The fraction of sp³-hybridized carbons (Fsp3) is 0.125. The summed E-state index contributed by atoms with van der Waals surface area (Å²) in [5, 5.41) is 14.8. The molecule has 1 aromatic heterocycles. The molecule has 0 bridgehead atoms. The second-order valence-electron chi connectivity index (χ2n) is 5.03. The van der Waals surface area contributed by atoms with E-state index in [1.54, 1.807) is 12.1 Å². The van der Waals surface area contributed by atoms with E-state index in [1.165, 1.54) is 16.9 Å². The fourth-order valence-electron chi connectivity index (χ4n) is 2.05. The van der Waals surface area contributed by atoms with Crippen molar-refractivity contribution in [2.24, 2.45) is 0 Å². The Balaban J connectivity index is 1.59. The average molecular weight is 390 g/mol. The number of carbonyl (C=O) groups excluding carboxylic acids is 1. The molecule has 0 saturated carbocycles. The van der Waals surface area contributed by atoms with E-state index >= 15 is 0 Å². The Morgan fingerprint density at radius 3 is 2.67 bits per heavy atom. The van der Waals surface area contributed by atoms with Gasteiger partial charge in [0.1, 0.15) is 12.4 Å². The van der Waals surface area contributed by atoms with Crippen molar-refractivity contribution in [3.05, 3.63) is 64.4 Å². The van der Waals surface area contributed by atoms with Gasteiger partial charge in [-0.2, -0.15) is 4.80 Å². The molecule has 8 heteroatoms. The van der Waals surface area contributed by atoms with Crippen LogP contribution in [0.2, 0.25) is 0 Å². The molecule has 0 fully saturated rings. The zero-order valence-electron chi connectivity index (χ0n) is 12.5. The Morgan fingerprint density at radius 2 is 1.92 bits per heavy atom. The molecule has 0 aliphatic heterocycles. The van der Waals surface area contributed by atoms with Gasteiger partial charge in [0.15, 0.2) is 0 Å². The second kappa shape index (κ2) is 7.31. The standard InChI is InChI=1S/C16H13BrFN5O/c17-14-4-2-1-3-13(14)16-20-22-23(21-16)10-15(24)19-9-11-5-7-12(18)8-6-11/h1-8H,9-10H2,(H,19,24). The van der Waals surface area contributed by atoms with Crippen molar-refractivity contribution in [2.75, 3.05) is 0 Å². The van der Waals surface area contributed by atoms with Crippen LogP contribution in [0.15, 0.2) is 53.0 Å². The van der Waals surface area contributed by atoms with Gasteiger partial charge < -0.3 is 5.32 Å². The lowest BCUT2D eigenvalue weighted by molar-refractivity contribution is -0.122. The summed E-state index contributed by atoms with van der Waals surface area (Å²) in [6.07, 6.45) is 0. The number of aromatic nitrogens is 4. The SMILES string of the molecule is O=C(Cn1nnc(-c2ccccc2Br)n1)NCc1ccc(F)cc1. The number of halogens is 2. The van der Waals surface area contributed by atoms with Crippen LogP contribution < -0.4 is 5.32 Å². The lowest BCUT2D eigenvalue weighted by Crippen LogP contribution is -2.28. The van der Waals surface area contributed by atoms with E-state index in [1.807, 2.05) is 24.3 Å². The first-order valence-electron chi connectivity index (χ1n) is 7.15. The van der Waals surface area contributed by atoms with E-state index in [-0.39, 0.29) is 18.3 Å². The number of carbonyl (C=O) groups is 1. The summed E-state index contributed by atoms with van der Waals surface area (Å²) < 4.78 is 13.7. The third-order valence-electron chi connectivity index (χ3n) is 3.26. The molecule has 1 heterocycles. The maximum Gasteiger partial charge on any atom is 0.243 e. The molecule has 1 N–H and O–H groups in total. The first-order chi connectivity index (χ1) is 11.6. The summed E-state index contributed by atoms with van der Waals surface area (Å²) >= 11 is 3.43. The predicted octanol–water partition coefficient (Wildman–Crippen LogP) is 2.56. The molecular formula is C16H13BrFN5O. The highest BCUT2D eigenvalue weighted by atomic mass is 79.9. The molecule has 0 radical (unpaired) electrons. The van der Waals surface area contributed by atoms with Crippen LogP contribution in [0, 0.1) is 5.82 Å². The van der Waals surface area contributed by atoms with E-state index in [0.29, 0.717) is 12.4 Å². The van der Waals surface area contributed by atoms with Crippen molar-refractivity contribution in [1.82, 2.24) is 25.5 Å². The quantitative estimate of drug-likeness (QED) is 0.727. The molecular weight excluding hydrogens is 377 g/mol. The van der Waals surface area contributed by atoms with Gasteiger partial charge in [0, 0.05) is 16.6 Å². The Hall–Kier alpha value is -2.61. The minimum Gasteiger partial charge on any atom is -0.350 e. The molecule has 3 rings (SSSR count). The fourth-order valence-corrected chi connectivity index (χ4v) is 2.51. The largest absolute Gasteiger partial charge is 0.350 e. The molecule has 0 atom stereocenters. The van der Waals surface area contributed by atoms with Gasteiger partial charge in [-0.25, -0.2) is 4.39 Å². The smallest absolute Gasteiger partial charge is 0.243 e.